The second-order valence-corrected chi connectivity index (χ2v) is 8.48. The van der Waals surface area contributed by atoms with E-state index in [9.17, 15) is 0 Å². The van der Waals surface area contributed by atoms with Crippen LogP contribution in [0.5, 0.6) is 5.75 Å². The van der Waals surface area contributed by atoms with Crippen LogP contribution in [0.1, 0.15) is 22.3 Å². The van der Waals surface area contributed by atoms with Crippen LogP contribution in [0.4, 0.5) is 0 Å². The Bertz CT molecular complexity index is 1020. The van der Waals surface area contributed by atoms with E-state index < -0.39 is 0 Å². The van der Waals surface area contributed by atoms with Gasteiger partial charge in [0.15, 0.2) is 0 Å². The average molecular weight is 622 g/mol. The van der Waals surface area contributed by atoms with Crippen molar-refractivity contribution in [3.8, 4) is 16.9 Å². The van der Waals surface area contributed by atoms with Crippen molar-refractivity contribution < 1.29 is 25.8 Å². The van der Waals surface area contributed by atoms with Crippen LogP contribution in [0.15, 0.2) is 97.1 Å². The summed E-state index contributed by atoms with van der Waals surface area (Å²) >= 11 is 0. The predicted molar refractivity (Wildman–Crippen MR) is 142 cm³/mol. The first kappa shape index (κ1) is 29.4. The fraction of sp³-hybridized carbons (Fsp3) is 0.226. The Morgan fingerprint density at radius 3 is 1.32 bits per heavy atom. The molecule has 2 nitrogen and oxygen atoms in total. The molecular formula is C31H36NOW-. The minimum Gasteiger partial charge on any atom is -0.478 e. The van der Waals surface area contributed by atoms with Crippen molar-refractivity contribution in [2.75, 3.05) is 20.8 Å². The maximum atomic E-state index is 5.45. The molecule has 0 atom stereocenters. The van der Waals surface area contributed by atoms with Crippen LogP contribution in [-0.2, 0) is 21.1 Å². The summed E-state index contributed by atoms with van der Waals surface area (Å²) in [5.41, 5.74) is 7.72. The summed E-state index contributed by atoms with van der Waals surface area (Å²) < 4.78 is 5.45. The molecule has 0 heterocycles. The van der Waals surface area contributed by atoms with E-state index in [1.54, 1.807) is 0 Å². The molecule has 0 spiro atoms. The Morgan fingerprint density at radius 1 is 0.559 bits per heavy atom. The van der Waals surface area contributed by atoms with Gasteiger partial charge in [-0.15, -0.1) is 5.56 Å². The van der Waals surface area contributed by atoms with Gasteiger partial charge in [-0.25, -0.2) is 0 Å². The van der Waals surface area contributed by atoms with Gasteiger partial charge in [-0.05, 0) is 59.5 Å². The fourth-order valence-electron chi connectivity index (χ4n) is 2.80. The minimum atomic E-state index is 0. The van der Waals surface area contributed by atoms with E-state index in [0.29, 0.717) is 6.73 Å². The Hall–Kier alpha value is -2.67. The van der Waals surface area contributed by atoms with E-state index in [-0.39, 0.29) is 21.1 Å². The number of benzene rings is 4. The second-order valence-electron chi connectivity index (χ2n) is 8.48. The van der Waals surface area contributed by atoms with Crippen molar-refractivity contribution in [1.82, 2.24) is 4.90 Å². The number of hydrogen-bond donors (Lipinski definition) is 0. The molecule has 0 amide bonds. The third-order valence-electron chi connectivity index (χ3n) is 4.83. The number of aryl methyl sites for hydroxylation is 4. The number of ether oxygens (including phenoxy) is 1. The van der Waals surface area contributed by atoms with Gasteiger partial charge in [0.25, 0.3) is 0 Å². The third kappa shape index (κ3) is 12.0. The van der Waals surface area contributed by atoms with Gasteiger partial charge in [0.2, 0.25) is 0 Å². The van der Waals surface area contributed by atoms with E-state index in [1.165, 1.54) is 33.4 Å². The minimum absolute atomic E-state index is 0. The van der Waals surface area contributed by atoms with Crippen LogP contribution in [-0.4, -0.2) is 25.7 Å². The maximum Gasteiger partial charge on any atom is 0.141 e. The molecule has 0 saturated carbocycles. The topological polar surface area (TPSA) is 12.5 Å². The van der Waals surface area contributed by atoms with Crippen LogP contribution in [0.3, 0.4) is 0 Å². The summed E-state index contributed by atoms with van der Waals surface area (Å²) in [6, 6.07) is 36.1. The quantitative estimate of drug-likeness (QED) is 0.171. The summed E-state index contributed by atoms with van der Waals surface area (Å²) in [6.07, 6.45) is 0. The van der Waals surface area contributed by atoms with Crippen molar-refractivity contribution in [1.29, 1.82) is 0 Å². The van der Waals surface area contributed by atoms with E-state index in [0.717, 1.165) is 5.75 Å². The van der Waals surface area contributed by atoms with Gasteiger partial charge >= 0.3 is 0 Å². The molecular weight excluding hydrogens is 586 g/mol. The Balaban J connectivity index is 0.000000258. The van der Waals surface area contributed by atoms with E-state index in [4.69, 9.17) is 4.74 Å². The molecule has 0 aliphatic heterocycles. The van der Waals surface area contributed by atoms with E-state index >= 15 is 0 Å². The number of rotatable bonds is 4. The summed E-state index contributed by atoms with van der Waals surface area (Å²) in [7, 11) is 3.96. The molecule has 0 aliphatic carbocycles. The van der Waals surface area contributed by atoms with Crippen LogP contribution in [0.25, 0.3) is 11.1 Å². The van der Waals surface area contributed by atoms with E-state index in [2.05, 4.69) is 94.4 Å². The Kier molecular flexibility index (Phi) is 13.9. The predicted octanol–water partition coefficient (Wildman–Crippen LogP) is 7.66. The smallest absolute Gasteiger partial charge is 0.141 e. The van der Waals surface area contributed by atoms with Crippen molar-refractivity contribution in [3.05, 3.63) is 125 Å². The monoisotopic (exact) mass is 622 g/mol. The normalized spacial score (nSPS) is 9.62. The summed E-state index contributed by atoms with van der Waals surface area (Å²) in [5.74, 6) is 0.925. The van der Waals surface area contributed by atoms with Gasteiger partial charge in [0.05, 0.1) is 0 Å². The average Bonchev–Trinajstić information content (AvgIpc) is 2.82. The Morgan fingerprint density at radius 2 is 0.912 bits per heavy atom. The van der Waals surface area contributed by atoms with Crippen molar-refractivity contribution >= 4 is 0 Å². The summed E-state index contributed by atoms with van der Waals surface area (Å²) in [6.45, 7) is 8.99. The molecule has 0 unspecified atom stereocenters. The van der Waals surface area contributed by atoms with Gasteiger partial charge in [-0.1, -0.05) is 82.9 Å². The van der Waals surface area contributed by atoms with Crippen LogP contribution < -0.4 is 4.74 Å². The van der Waals surface area contributed by atoms with Crippen molar-refractivity contribution in [3.63, 3.8) is 0 Å². The molecule has 4 rings (SSSR count). The van der Waals surface area contributed by atoms with Gasteiger partial charge in [-0.2, -0.15) is 30.3 Å². The molecule has 0 saturated heterocycles. The third-order valence-corrected chi connectivity index (χ3v) is 4.83. The first-order valence-corrected chi connectivity index (χ1v) is 11.2. The van der Waals surface area contributed by atoms with Gasteiger partial charge in [0, 0.05) is 21.1 Å². The molecule has 0 aromatic heterocycles. The molecule has 4 aromatic rings. The van der Waals surface area contributed by atoms with Crippen molar-refractivity contribution in [2.45, 2.75) is 27.7 Å². The van der Waals surface area contributed by atoms with Crippen molar-refractivity contribution in [2.24, 2.45) is 0 Å². The zero-order valence-electron chi connectivity index (χ0n) is 21.2. The largest absolute Gasteiger partial charge is 0.478 e. The zero-order chi connectivity index (χ0) is 24.1. The molecule has 0 radical (unpaired) electrons. The first-order chi connectivity index (χ1) is 15.8. The molecule has 34 heavy (non-hydrogen) atoms. The first-order valence-electron chi connectivity index (χ1n) is 11.2. The fourth-order valence-corrected chi connectivity index (χ4v) is 2.80. The van der Waals surface area contributed by atoms with Gasteiger partial charge in [-0.3, -0.25) is 4.90 Å². The summed E-state index contributed by atoms with van der Waals surface area (Å²) in [4.78, 5) is 1.99. The number of nitrogens with zero attached hydrogens (tertiary/aromatic N) is 1. The molecule has 0 fully saturated rings. The molecule has 0 bridgehead atoms. The van der Waals surface area contributed by atoms with Gasteiger partial charge < -0.3 is 4.74 Å². The second kappa shape index (κ2) is 16.0. The van der Waals surface area contributed by atoms with Crippen LogP contribution in [0.2, 0.25) is 0 Å². The SMILES string of the molecule is Cc1ccc(-c2cc[c-]cc2)cc1.Cc1ccc(C)cc1.Cc1ccc(OCN(C)C)cc1.[W]. The molecule has 0 aliphatic rings. The number of hydrogen-bond acceptors (Lipinski definition) is 2. The molecule has 0 N–H and O–H groups in total. The summed E-state index contributed by atoms with van der Waals surface area (Å²) in [5, 5.41) is 0. The molecule has 4 aromatic carbocycles. The molecule has 3 heteroatoms. The van der Waals surface area contributed by atoms with Crippen LogP contribution in [0, 0.1) is 33.8 Å². The van der Waals surface area contributed by atoms with Gasteiger partial charge in [0.1, 0.15) is 12.5 Å². The van der Waals surface area contributed by atoms with E-state index in [1.807, 2.05) is 55.4 Å². The zero-order valence-corrected chi connectivity index (χ0v) is 24.1. The maximum absolute atomic E-state index is 5.45. The standard InChI is InChI=1S/C13H11.C10H15NO.C8H10.W/c1-11-7-9-13(10-8-11)12-5-3-2-4-6-12;1-9-4-6-10(7-5-9)12-8-11(2)3;1-7-3-5-8(2)6-4-7;/h3-10H,1H3;4-7H,8H2,1-3H3;3-6H,1-2H3;/q-1;;;. The Labute approximate surface area is 220 Å². The van der Waals surface area contributed by atoms with Crippen LogP contribution >= 0.6 is 0 Å². The molecule has 178 valence electrons.